The predicted molar refractivity (Wildman–Crippen MR) is 87.3 cm³/mol. The van der Waals surface area contributed by atoms with Gasteiger partial charge in [0.05, 0.1) is 9.85 Å². The van der Waals surface area contributed by atoms with Gasteiger partial charge in [0.2, 0.25) is 0 Å². The van der Waals surface area contributed by atoms with Gasteiger partial charge in [0.1, 0.15) is 11.6 Å². The summed E-state index contributed by atoms with van der Waals surface area (Å²) in [6.07, 6.45) is 0. The Hall–Kier alpha value is -0.930. The van der Waals surface area contributed by atoms with Crippen molar-refractivity contribution in [3.05, 3.63) is 69.7 Å². The van der Waals surface area contributed by atoms with Crippen molar-refractivity contribution >= 4 is 27.5 Å². The average molecular weight is 374 g/mol. The van der Waals surface area contributed by atoms with E-state index >= 15 is 0 Å². The molecule has 0 aliphatic heterocycles. The number of benzene rings is 2. The van der Waals surface area contributed by atoms with Crippen LogP contribution in [0.3, 0.4) is 0 Å². The summed E-state index contributed by atoms with van der Waals surface area (Å²) in [6.45, 7) is 6.38. The number of rotatable bonds is 2. The lowest BCUT2D eigenvalue weighted by atomic mass is 9.86. The molecule has 0 radical (unpaired) electrons. The Labute approximate surface area is 137 Å². The van der Waals surface area contributed by atoms with E-state index in [1.54, 1.807) is 0 Å². The fourth-order valence-corrected chi connectivity index (χ4v) is 2.87. The van der Waals surface area contributed by atoms with E-state index in [-0.39, 0.29) is 16.0 Å². The Morgan fingerprint density at radius 3 is 2.10 bits per heavy atom. The van der Waals surface area contributed by atoms with E-state index in [4.69, 9.17) is 11.6 Å². The maximum absolute atomic E-state index is 14.0. The molecule has 0 aliphatic carbocycles. The molecule has 0 saturated heterocycles. The van der Waals surface area contributed by atoms with Gasteiger partial charge < -0.3 is 0 Å². The molecule has 0 aliphatic rings. The van der Waals surface area contributed by atoms with Crippen LogP contribution in [-0.4, -0.2) is 0 Å². The molecule has 0 fully saturated rings. The Kier molecular flexibility index (Phi) is 4.74. The third kappa shape index (κ3) is 3.64. The summed E-state index contributed by atoms with van der Waals surface area (Å²) in [6, 6.07) is 10.00. The molecule has 112 valence electrons. The van der Waals surface area contributed by atoms with Gasteiger partial charge in [0.25, 0.3) is 0 Å². The molecule has 0 saturated carbocycles. The maximum Gasteiger partial charge on any atom is 0.142 e. The number of alkyl halides is 1. The van der Waals surface area contributed by atoms with Crippen LogP contribution in [0.2, 0.25) is 5.02 Å². The van der Waals surface area contributed by atoms with Gasteiger partial charge in [0, 0.05) is 5.56 Å². The molecule has 2 aromatic rings. The van der Waals surface area contributed by atoms with Gasteiger partial charge in [-0.3, -0.25) is 0 Å². The molecule has 2 aromatic carbocycles. The summed E-state index contributed by atoms with van der Waals surface area (Å²) in [5.41, 5.74) is 2.34. The lowest BCUT2D eigenvalue weighted by Crippen LogP contribution is -2.10. The van der Waals surface area contributed by atoms with Crippen LogP contribution in [0.15, 0.2) is 36.4 Å². The van der Waals surface area contributed by atoms with Gasteiger partial charge in [-0.15, -0.1) is 0 Å². The Balaban J connectivity index is 2.36. The maximum atomic E-state index is 14.0. The van der Waals surface area contributed by atoms with Crippen molar-refractivity contribution in [1.29, 1.82) is 0 Å². The second-order valence-electron chi connectivity index (χ2n) is 6.02. The van der Waals surface area contributed by atoms with Crippen molar-refractivity contribution in [3.63, 3.8) is 0 Å². The van der Waals surface area contributed by atoms with Gasteiger partial charge >= 0.3 is 0 Å². The molecule has 21 heavy (non-hydrogen) atoms. The molecule has 2 rings (SSSR count). The summed E-state index contributed by atoms with van der Waals surface area (Å²) in [5, 5.41) is -0.209. The minimum Gasteiger partial charge on any atom is -0.207 e. The van der Waals surface area contributed by atoms with Crippen molar-refractivity contribution in [2.24, 2.45) is 0 Å². The highest BCUT2D eigenvalue weighted by atomic mass is 79.9. The second kappa shape index (κ2) is 6.05. The normalized spacial score (nSPS) is 13.3. The number of hydrogen-bond acceptors (Lipinski definition) is 0. The van der Waals surface area contributed by atoms with Crippen LogP contribution in [0.4, 0.5) is 8.78 Å². The minimum atomic E-state index is -0.621. The highest BCUT2D eigenvalue weighted by molar-refractivity contribution is 9.09. The first-order chi connectivity index (χ1) is 9.70. The molecule has 0 aromatic heterocycles. The number of halogens is 4. The smallest absolute Gasteiger partial charge is 0.142 e. The van der Waals surface area contributed by atoms with Crippen molar-refractivity contribution in [1.82, 2.24) is 0 Å². The summed E-state index contributed by atoms with van der Waals surface area (Å²) in [5.74, 6) is -1.15. The molecular weight excluding hydrogens is 358 g/mol. The molecule has 0 spiro atoms. The second-order valence-corrected chi connectivity index (χ2v) is 7.35. The zero-order valence-corrected chi connectivity index (χ0v) is 14.4. The van der Waals surface area contributed by atoms with Gasteiger partial charge in [-0.05, 0) is 28.7 Å². The van der Waals surface area contributed by atoms with E-state index in [0.717, 1.165) is 17.7 Å². The van der Waals surface area contributed by atoms with Crippen molar-refractivity contribution in [2.75, 3.05) is 0 Å². The standard InChI is InChI=1S/C17H16BrClF2/c1-17(2,3)11-6-4-10(5-7-11)16(18)12-8-15(21)13(19)9-14(12)20/h4-9,16H,1-3H3. The van der Waals surface area contributed by atoms with Gasteiger partial charge in [-0.1, -0.05) is 72.6 Å². The van der Waals surface area contributed by atoms with Crippen molar-refractivity contribution < 1.29 is 8.78 Å². The van der Waals surface area contributed by atoms with E-state index in [2.05, 4.69) is 36.7 Å². The largest absolute Gasteiger partial charge is 0.207 e. The SMILES string of the molecule is CC(C)(C)c1ccc(C(Br)c2cc(F)c(Cl)cc2F)cc1. The zero-order valence-electron chi connectivity index (χ0n) is 12.1. The predicted octanol–water partition coefficient (Wildman–Crippen LogP) is 6.40. The Morgan fingerprint density at radius 2 is 1.57 bits per heavy atom. The van der Waals surface area contributed by atoms with Crippen LogP contribution in [0.25, 0.3) is 0 Å². The topological polar surface area (TPSA) is 0 Å². The molecule has 4 heteroatoms. The molecule has 1 atom stereocenters. The van der Waals surface area contributed by atoms with Crippen LogP contribution in [0.1, 0.15) is 42.3 Å². The van der Waals surface area contributed by atoms with Crippen LogP contribution in [0.5, 0.6) is 0 Å². The van der Waals surface area contributed by atoms with Crippen LogP contribution < -0.4 is 0 Å². The van der Waals surface area contributed by atoms with E-state index in [1.165, 1.54) is 5.56 Å². The quantitative estimate of drug-likeness (QED) is 0.422. The molecule has 0 bridgehead atoms. The van der Waals surface area contributed by atoms with E-state index in [0.29, 0.717) is 0 Å². The fourth-order valence-electron chi connectivity index (χ4n) is 2.06. The van der Waals surface area contributed by atoms with Gasteiger partial charge in [-0.2, -0.15) is 0 Å². The number of hydrogen-bond donors (Lipinski definition) is 0. The van der Waals surface area contributed by atoms with Crippen molar-refractivity contribution in [3.8, 4) is 0 Å². The molecule has 0 heterocycles. The lowest BCUT2D eigenvalue weighted by Gasteiger charge is -2.20. The van der Waals surface area contributed by atoms with Crippen LogP contribution in [0, 0.1) is 11.6 Å². The first kappa shape index (κ1) is 16.4. The fraction of sp³-hybridized carbons (Fsp3) is 0.294. The van der Waals surface area contributed by atoms with Gasteiger partial charge in [-0.25, -0.2) is 8.78 Å². The zero-order chi connectivity index (χ0) is 15.8. The van der Waals surface area contributed by atoms with Crippen molar-refractivity contribution in [2.45, 2.75) is 31.0 Å². The van der Waals surface area contributed by atoms with E-state index in [1.807, 2.05) is 24.3 Å². The van der Waals surface area contributed by atoms with Crippen LogP contribution in [-0.2, 0) is 5.41 Å². The summed E-state index contributed by atoms with van der Waals surface area (Å²) in [4.78, 5) is -0.418. The first-order valence-electron chi connectivity index (χ1n) is 6.59. The van der Waals surface area contributed by atoms with Gasteiger partial charge in [0.15, 0.2) is 0 Å². The van der Waals surface area contributed by atoms with E-state index < -0.39 is 16.5 Å². The summed E-state index contributed by atoms with van der Waals surface area (Å²) in [7, 11) is 0. The minimum absolute atomic E-state index is 0.0535. The monoisotopic (exact) mass is 372 g/mol. The molecule has 0 N–H and O–H groups in total. The Morgan fingerprint density at radius 1 is 1.00 bits per heavy atom. The molecule has 1 unspecified atom stereocenters. The van der Waals surface area contributed by atoms with E-state index in [9.17, 15) is 8.78 Å². The molecule has 0 nitrogen and oxygen atoms in total. The third-order valence-corrected chi connectivity index (χ3v) is 4.69. The average Bonchev–Trinajstić information content (AvgIpc) is 2.41. The summed E-state index contributed by atoms with van der Waals surface area (Å²) < 4.78 is 27.5. The molecule has 0 amide bonds. The molecular formula is C17H16BrClF2. The third-order valence-electron chi connectivity index (χ3n) is 3.38. The first-order valence-corrected chi connectivity index (χ1v) is 7.88. The van der Waals surface area contributed by atoms with Crippen LogP contribution >= 0.6 is 27.5 Å². The highest BCUT2D eigenvalue weighted by Gasteiger charge is 2.19. The Bertz CT molecular complexity index is 645. The summed E-state index contributed by atoms with van der Waals surface area (Å²) >= 11 is 9.01. The lowest BCUT2D eigenvalue weighted by molar-refractivity contribution is 0.587. The highest BCUT2D eigenvalue weighted by Crippen LogP contribution is 2.35.